The van der Waals surface area contributed by atoms with Crippen molar-refractivity contribution in [3.63, 3.8) is 0 Å². The van der Waals surface area contributed by atoms with Crippen molar-refractivity contribution in [2.75, 3.05) is 22.0 Å². The van der Waals surface area contributed by atoms with Crippen molar-refractivity contribution in [1.29, 1.82) is 0 Å². The van der Waals surface area contributed by atoms with Gasteiger partial charge in [0.05, 0.1) is 17.2 Å². The molecule has 0 amide bonds. The van der Waals surface area contributed by atoms with Gasteiger partial charge in [-0.1, -0.05) is 18.9 Å². The maximum atomic E-state index is 13.4. The van der Waals surface area contributed by atoms with Crippen LogP contribution >= 0.6 is 19.3 Å². The molecule has 2 aliphatic heterocycles. The summed E-state index contributed by atoms with van der Waals surface area (Å²) in [5.41, 5.74) is -0.228. The molecule has 2 atom stereocenters. The van der Waals surface area contributed by atoms with Gasteiger partial charge in [-0.15, -0.1) is 11.8 Å². The van der Waals surface area contributed by atoms with Crippen LogP contribution in [0.25, 0.3) is 0 Å². The molecular weight excluding hydrogens is 513 g/mol. The molecule has 1 fully saturated rings. The number of nitrogens with zero attached hydrogens (tertiary/aromatic N) is 3. The monoisotopic (exact) mass is 537 g/mol. The van der Waals surface area contributed by atoms with E-state index in [0.717, 1.165) is 25.5 Å². The molecule has 1 aliphatic carbocycles. The summed E-state index contributed by atoms with van der Waals surface area (Å²) in [7, 11) is -8.01. The highest BCUT2D eigenvalue weighted by Gasteiger charge is 2.35. The van der Waals surface area contributed by atoms with E-state index >= 15 is 0 Å². The molecule has 5 rings (SSSR count). The standard InChI is InChI=1S/C21H24N5O6PS2/c1-35(31,32)25-14-4-5-15-16(10-14)33(29,30)24-20(22-15)17-19(27)18(13-7-9-34-11-13)23-26(21(17)28)8-6-12-2-3-12/h4-5,7,9-10,12-13,25,27H,2-3,6,8,11H2,1H3,(H2,22,24,29,30). The highest BCUT2D eigenvalue weighted by molar-refractivity contribution is 8.02. The van der Waals surface area contributed by atoms with Crippen molar-refractivity contribution in [1.82, 2.24) is 9.78 Å². The summed E-state index contributed by atoms with van der Waals surface area (Å²) in [5, 5.41) is 20.2. The van der Waals surface area contributed by atoms with Crippen LogP contribution < -0.4 is 20.9 Å². The lowest BCUT2D eigenvalue weighted by Gasteiger charge is -2.24. The van der Waals surface area contributed by atoms with Crippen LogP contribution in [0.1, 0.15) is 36.4 Å². The van der Waals surface area contributed by atoms with Gasteiger partial charge in [-0.2, -0.15) is 9.86 Å². The van der Waals surface area contributed by atoms with E-state index in [0.29, 0.717) is 23.9 Å². The fourth-order valence-corrected chi connectivity index (χ4v) is 6.78. The second-order valence-electron chi connectivity index (χ2n) is 8.86. The zero-order valence-electron chi connectivity index (χ0n) is 18.7. The minimum atomic E-state index is -4.41. The second kappa shape index (κ2) is 8.81. The Morgan fingerprint density at radius 1 is 1.34 bits per heavy atom. The number of rotatable bonds is 7. The number of aryl methyl sites for hydroxylation is 1. The lowest BCUT2D eigenvalue weighted by molar-refractivity contribution is 0.437. The Hall–Kier alpha value is -2.60. The van der Waals surface area contributed by atoms with Crippen molar-refractivity contribution < 1.29 is 23.0 Å². The Balaban J connectivity index is 1.59. The normalized spacial score (nSPS) is 23.5. The highest BCUT2D eigenvalue weighted by Crippen LogP contribution is 2.48. The van der Waals surface area contributed by atoms with Crippen molar-refractivity contribution in [2.24, 2.45) is 10.7 Å². The van der Waals surface area contributed by atoms with Gasteiger partial charge >= 0.3 is 7.52 Å². The fraction of sp³-hybridized carbons (Fsp3) is 0.381. The van der Waals surface area contributed by atoms with Gasteiger partial charge in [-0.25, -0.2) is 13.1 Å². The van der Waals surface area contributed by atoms with Crippen LogP contribution in [0.5, 0.6) is 5.75 Å². The number of thioether (sulfide) groups is 1. The molecule has 2 unspecified atom stereocenters. The molecule has 0 radical (unpaired) electrons. The van der Waals surface area contributed by atoms with E-state index < -0.39 is 23.1 Å². The largest absolute Gasteiger partial charge is 0.505 e. The van der Waals surface area contributed by atoms with E-state index in [9.17, 15) is 27.8 Å². The van der Waals surface area contributed by atoms with E-state index in [4.69, 9.17) is 0 Å². The number of hydrogen-bond acceptors (Lipinski definition) is 8. The minimum Gasteiger partial charge on any atom is -0.505 e. The van der Waals surface area contributed by atoms with Gasteiger partial charge < -0.3 is 15.3 Å². The zero-order chi connectivity index (χ0) is 25.0. The molecule has 0 bridgehead atoms. The van der Waals surface area contributed by atoms with Crippen molar-refractivity contribution in [3.8, 4) is 5.75 Å². The first-order valence-corrected chi connectivity index (χ1v) is 15.5. The lowest BCUT2D eigenvalue weighted by Crippen LogP contribution is -2.35. The number of aromatic nitrogens is 2. The van der Waals surface area contributed by atoms with Crippen molar-refractivity contribution >= 4 is 51.8 Å². The smallest absolute Gasteiger partial charge is 0.346 e. The molecule has 0 spiro atoms. The summed E-state index contributed by atoms with van der Waals surface area (Å²) in [6, 6.07) is 4.06. The van der Waals surface area contributed by atoms with Crippen LogP contribution in [0.2, 0.25) is 0 Å². The van der Waals surface area contributed by atoms with Gasteiger partial charge in [0, 0.05) is 23.9 Å². The van der Waals surface area contributed by atoms with Gasteiger partial charge in [0.15, 0.2) is 11.6 Å². The Bertz CT molecular complexity index is 1480. The summed E-state index contributed by atoms with van der Waals surface area (Å²) in [6.45, 7) is 0.370. The molecule has 4 N–H and O–H groups in total. The summed E-state index contributed by atoms with van der Waals surface area (Å²) < 4.78 is 43.7. The Morgan fingerprint density at radius 3 is 2.77 bits per heavy atom. The molecule has 14 heteroatoms. The van der Waals surface area contributed by atoms with Crippen molar-refractivity contribution in [3.05, 3.63) is 51.3 Å². The molecule has 3 aliphatic rings. The molecule has 0 saturated heterocycles. The number of allylic oxidation sites excluding steroid dienone is 1. The third kappa shape index (κ3) is 5.04. The van der Waals surface area contributed by atoms with E-state index in [2.05, 4.69) is 19.9 Å². The van der Waals surface area contributed by atoms with Gasteiger partial charge in [-0.05, 0) is 35.9 Å². The third-order valence-electron chi connectivity index (χ3n) is 5.98. The first-order chi connectivity index (χ1) is 16.5. The third-order valence-corrected chi connectivity index (χ3v) is 8.95. The molecule has 1 saturated carbocycles. The minimum absolute atomic E-state index is 0.1000. The van der Waals surface area contributed by atoms with Crippen LogP contribution in [-0.4, -0.2) is 46.0 Å². The number of amidine groups is 1. The van der Waals surface area contributed by atoms with E-state index in [1.54, 1.807) is 11.8 Å². The van der Waals surface area contributed by atoms with Crippen LogP contribution in [0.4, 0.5) is 11.4 Å². The highest BCUT2D eigenvalue weighted by atomic mass is 32.2. The van der Waals surface area contributed by atoms with Crippen LogP contribution in [0.15, 0.2) is 39.2 Å². The maximum Gasteiger partial charge on any atom is 0.346 e. The SMILES string of the molecule is CS(=O)(=O)Nc1ccc2c(c1)P(=O)(O)N=C(c1c(O)c(C3C=CSC3)nn(CCC3CC3)c1=O)N2. The van der Waals surface area contributed by atoms with E-state index in [-0.39, 0.29) is 39.7 Å². The van der Waals surface area contributed by atoms with Gasteiger partial charge in [0.25, 0.3) is 5.56 Å². The quantitative estimate of drug-likeness (QED) is 0.388. The molecule has 11 nitrogen and oxygen atoms in total. The number of hydrogen-bond donors (Lipinski definition) is 4. The fourth-order valence-electron chi connectivity index (χ4n) is 4.05. The summed E-state index contributed by atoms with van der Waals surface area (Å²) in [4.78, 5) is 24.1. The topological polar surface area (TPSA) is 163 Å². The lowest BCUT2D eigenvalue weighted by atomic mass is 10.0. The molecule has 35 heavy (non-hydrogen) atoms. The molecular formula is C21H24N5O6PS2. The van der Waals surface area contributed by atoms with Crippen LogP contribution in [0, 0.1) is 5.92 Å². The number of nitrogens with one attached hydrogen (secondary N) is 2. The Labute approximate surface area is 205 Å². The van der Waals surface area contributed by atoms with Gasteiger partial charge in [-0.3, -0.25) is 14.1 Å². The Kier molecular flexibility index (Phi) is 6.07. The summed E-state index contributed by atoms with van der Waals surface area (Å²) in [6.07, 6.45) is 5.87. The van der Waals surface area contributed by atoms with Crippen LogP contribution in [0.3, 0.4) is 0 Å². The average molecular weight is 538 g/mol. The van der Waals surface area contributed by atoms with E-state index in [1.165, 1.54) is 22.9 Å². The number of sulfonamides is 1. The Morgan fingerprint density at radius 2 is 2.11 bits per heavy atom. The zero-order valence-corrected chi connectivity index (χ0v) is 21.2. The number of benzene rings is 1. The second-order valence-corrected chi connectivity index (χ2v) is 13.3. The molecule has 3 heterocycles. The van der Waals surface area contributed by atoms with Crippen LogP contribution in [-0.2, 0) is 21.1 Å². The molecule has 1 aromatic heterocycles. The number of aromatic hydroxyl groups is 1. The van der Waals surface area contributed by atoms with Gasteiger partial charge in [0.1, 0.15) is 11.3 Å². The van der Waals surface area contributed by atoms with Gasteiger partial charge in [0.2, 0.25) is 10.0 Å². The summed E-state index contributed by atoms with van der Waals surface area (Å²) >= 11 is 1.56. The molecule has 186 valence electrons. The predicted octanol–water partition coefficient (Wildman–Crippen LogP) is 2.15. The first kappa shape index (κ1) is 24.1. The average Bonchev–Trinajstić information content (AvgIpc) is 3.43. The maximum absolute atomic E-state index is 13.4. The number of anilines is 2. The molecule has 1 aromatic carbocycles. The summed E-state index contributed by atoms with van der Waals surface area (Å²) in [5.74, 6) is 0.385. The predicted molar refractivity (Wildman–Crippen MR) is 136 cm³/mol. The first-order valence-electron chi connectivity index (χ1n) is 11.0. The van der Waals surface area contributed by atoms with Crippen molar-refractivity contribution in [2.45, 2.75) is 31.7 Å². The van der Waals surface area contributed by atoms with E-state index in [1.807, 2.05) is 11.5 Å². The molecule has 2 aromatic rings. The number of fused-ring (bicyclic) bond motifs is 1.